The number of nitrogens with zero attached hydrogens (tertiary/aromatic N) is 4. The van der Waals surface area contributed by atoms with Gasteiger partial charge in [-0.3, -0.25) is 65.1 Å². The van der Waals surface area contributed by atoms with Crippen LogP contribution in [0.5, 0.6) is 11.5 Å². The van der Waals surface area contributed by atoms with E-state index in [1.165, 1.54) is 14.2 Å². The van der Waals surface area contributed by atoms with Crippen LogP contribution in [-0.2, 0) is 49.6 Å². The minimum atomic E-state index is -0.851. The minimum Gasteiger partial charge on any atom is -0.494 e. The molecule has 81 heavy (non-hydrogen) atoms. The molecule has 4 aromatic rings. The first kappa shape index (κ1) is 62.8. The number of morpholine rings is 2. The molecule has 6 amide bonds. The lowest BCUT2D eigenvalue weighted by molar-refractivity contribution is -0.758. The summed E-state index contributed by atoms with van der Waals surface area (Å²) in [6.45, 7) is 13.7. The fourth-order valence-electron chi connectivity index (χ4n) is 8.16. The summed E-state index contributed by atoms with van der Waals surface area (Å²) in [5, 5.41) is 14.3. The number of hydroxylamine groups is 1. The number of carbonyl (C=O) groups excluding carboxylic acids is 6. The van der Waals surface area contributed by atoms with Crippen molar-refractivity contribution in [1.82, 2.24) is 42.1 Å². The highest BCUT2D eigenvalue weighted by atomic mass is 32.2. The Morgan fingerprint density at radius 3 is 1.84 bits per heavy atom. The number of aromatic nitrogens is 2. The maximum Gasteiger partial charge on any atom is 0.327 e. The predicted molar refractivity (Wildman–Crippen MR) is 303 cm³/mol. The number of anilines is 4. The number of amides is 6. The molecule has 4 heterocycles. The van der Waals surface area contributed by atoms with Gasteiger partial charge in [-0.25, -0.2) is 5.48 Å². The molecule has 0 spiro atoms. The molecule has 2 aliphatic rings. The highest BCUT2D eigenvalue weighted by molar-refractivity contribution is 7.99. The fourth-order valence-corrected chi connectivity index (χ4v) is 8.83. The lowest BCUT2D eigenvalue weighted by atomic mass is 10.2. The van der Waals surface area contributed by atoms with E-state index in [-0.39, 0.29) is 25.2 Å². The summed E-state index contributed by atoms with van der Waals surface area (Å²) in [6.07, 6.45) is 8.20. The van der Waals surface area contributed by atoms with Gasteiger partial charge in [0.15, 0.2) is 24.8 Å². The molecule has 27 heteroatoms. The summed E-state index contributed by atoms with van der Waals surface area (Å²) < 4.78 is 31.2. The maximum absolute atomic E-state index is 13.3. The Kier molecular flexibility index (Phi) is 26.9. The number of pyridine rings is 2. The van der Waals surface area contributed by atoms with Crippen LogP contribution in [0.25, 0.3) is 0 Å². The molecule has 2 saturated heterocycles. The second-order valence-corrected chi connectivity index (χ2v) is 19.8. The average molecular weight is 1150 g/mol. The number of hydrogen-bond donors (Lipinski definition) is 10. The summed E-state index contributed by atoms with van der Waals surface area (Å²) in [4.78, 5) is 86.0. The van der Waals surface area contributed by atoms with Gasteiger partial charge < -0.3 is 50.3 Å². The zero-order chi connectivity index (χ0) is 57.6. The van der Waals surface area contributed by atoms with E-state index < -0.39 is 35.9 Å². The van der Waals surface area contributed by atoms with Crippen molar-refractivity contribution in [3.8, 4) is 11.5 Å². The van der Waals surface area contributed by atoms with Crippen LogP contribution in [-0.4, -0.2) is 170 Å². The number of carbonyl (C=O) groups is 6. The van der Waals surface area contributed by atoms with Crippen LogP contribution in [0.3, 0.4) is 0 Å². The molecule has 26 nitrogen and oxygen atoms in total. The van der Waals surface area contributed by atoms with Gasteiger partial charge in [0.1, 0.15) is 23.8 Å². The summed E-state index contributed by atoms with van der Waals surface area (Å²) in [5.74, 6) is -1.47. The van der Waals surface area contributed by atoms with Crippen molar-refractivity contribution in [3.63, 3.8) is 0 Å². The molecule has 2 unspecified atom stereocenters. The van der Waals surface area contributed by atoms with Crippen molar-refractivity contribution < 1.29 is 66.4 Å². The molecular formula is C54H78N14O12S+2. The maximum atomic E-state index is 13.3. The van der Waals surface area contributed by atoms with Gasteiger partial charge in [0, 0.05) is 119 Å². The van der Waals surface area contributed by atoms with Crippen LogP contribution in [0.4, 0.5) is 22.7 Å². The number of thioether (sulfide) groups is 1. The molecule has 10 N–H and O–H groups in total. The van der Waals surface area contributed by atoms with Crippen LogP contribution in [0.1, 0.15) is 54.9 Å². The van der Waals surface area contributed by atoms with E-state index in [2.05, 4.69) is 63.6 Å². The molecule has 440 valence electrons. The molecule has 0 radical (unpaired) electrons. The van der Waals surface area contributed by atoms with Crippen molar-refractivity contribution in [3.05, 3.63) is 96.6 Å². The zero-order valence-electron chi connectivity index (χ0n) is 46.5. The third-order valence-electron chi connectivity index (χ3n) is 12.8. The van der Waals surface area contributed by atoms with Gasteiger partial charge >= 0.3 is 23.6 Å². The normalized spacial score (nSPS) is 14.3. The first-order valence-corrected chi connectivity index (χ1v) is 28.1. The lowest BCUT2D eigenvalue weighted by Crippen LogP contribution is -2.44. The van der Waals surface area contributed by atoms with E-state index in [0.29, 0.717) is 105 Å². The number of rotatable bonds is 32. The standard InChI is InChI=1S/C54H76N14O12S/c1-39(49(69)60-44-12-14-46(48(34-44)76-4)62-64-54(74)52(72)56-16-8-20-66-25-29-78-30-26-66)67-21-5-9-41(35-67)37-80-59-18-32-81-31-17-57-50(70)42-10-6-22-68(36-42)40(2)79-38-58-43-11-13-45(47(33-43)75-3)61-63-53(73)51(71)55-15-7-19-65-23-27-77-28-24-65/h5-6,9-14,21-22,33-36,39-40,59H,7-8,15-20,23-32,37-38H2,1-4H3,(H7-2,55,56,57,58,60,61,62,63,64,69,70,71,72,73,74)/p+2. The number of hydrazine groups is 2. The van der Waals surface area contributed by atoms with Gasteiger partial charge in [-0.2, -0.15) is 20.9 Å². The number of benzene rings is 2. The summed E-state index contributed by atoms with van der Waals surface area (Å²) in [7, 11) is 2.95. The Bertz CT molecular complexity index is 2660. The van der Waals surface area contributed by atoms with E-state index in [1.54, 1.807) is 88.7 Å². The fraction of sp³-hybridized carbons (Fsp3) is 0.481. The minimum absolute atomic E-state index is 0.134. The van der Waals surface area contributed by atoms with E-state index in [4.69, 9.17) is 28.5 Å². The Balaban J connectivity index is 0.804. The van der Waals surface area contributed by atoms with E-state index in [1.807, 2.05) is 31.5 Å². The quantitative estimate of drug-likeness (QED) is 0.0107. The molecule has 2 atom stereocenters. The van der Waals surface area contributed by atoms with Gasteiger partial charge in [-0.15, -0.1) is 0 Å². The molecule has 0 bridgehead atoms. The van der Waals surface area contributed by atoms with E-state index >= 15 is 0 Å². The highest BCUT2D eigenvalue weighted by Crippen LogP contribution is 2.29. The Morgan fingerprint density at radius 2 is 1.22 bits per heavy atom. The molecule has 2 aromatic heterocycles. The van der Waals surface area contributed by atoms with Crippen LogP contribution in [0.2, 0.25) is 0 Å². The molecule has 2 aliphatic heterocycles. The third kappa shape index (κ3) is 21.9. The monoisotopic (exact) mass is 1150 g/mol. The predicted octanol–water partition coefficient (Wildman–Crippen LogP) is 0.831. The SMILES string of the molecule is COc1cc(NCOC(C)[n+]2cccc(C(=O)NCCSCCNOCc3ccc[n+](C(C)C(=O)Nc4ccc(NNC(=O)C(=O)NCCCN5CCOCC5)c(OC)c4)c3)c2)ccc1NNC(=O)C(=O)NCCCN1CCOCC1. The van der Waals surface area contributed by atoms with Crippen molar-refractivity contribution in [2.24, 2.45) is 0 Å². The highest BCUT2D eigenvalue weighted by Gasteiger charge is 2.24. The van der Waals surface area contributed by atoms with Crippen LogP contribution < -0.4 is 72.4 Å². The molecule has 2 aromatic carbocycles. The van der Waals surface area contributed by atoms with Crippen molar-refractivity contribution in [2.45, 2.75) is 45.6 Å². The number of ether oxygens (including phenoxy) is 5. The molecule has 2 fully saturated rings. The zero-order valence-corrected chi connectivity index (χ0v) is 47.3. The smallest absolute Gasteiger partial charge is 0.327 e. The topological polar surface area (TPSA) is 292 Å². The lowest BCUT2D eigenvalue weighted by Gasteiger charge is -2.26. The molecule has 0 saturated carbocycles. The first-order chi connectivity index (χ1) is 39.4. The van der Waals surface area contributed by atoms with Gasteiger partial charge in [-0.05, 0) is 62.3 Å². The second-order valence-electron chi connectivity index (χ2n) is 18.6. The summed E-state index contributed by atoms with van der Waals surface area (Å²) in [6, 6.07) is 16.7. The molecule has 0 aliphatic carbocycles. The van der Waals surface area contributed by atoms with Gasteiger partial charge in [0.05, 0.1) is 58.6 Å². The van der Waals surface area contributed by atoms with E-state index in [9.17, 15) is 28.8 Å². The Morgan fingerprint density at radius 1 is 0.654 bits per heavy atom. The number of methoxy groups -OCH3 is 2. The molecule has 6 rings (SSSR count). The van der Waals surface area contributed by atoms with Gasteiger partial charge in [0.25, 0.3) is 18.0 Å². The Hall–Kier alpha value is -7.37. The molecular weight excluding hydrogens is 1070 g/mol. The first-order valence-electron chi connectivity index (χ1n) is 26.9. The van der Waals surface area contributed by atoms with E-state index in [0.717, 1.165) is 57.0 Å². The van der Waals surface area contributed by atoms with Crippen LogP contribution in [0, 0.1) is 0 Å². The average Bonchev–Trinajstić information content (AvgIpc) is 3.53. The van der Waals surface area contributed by atoms with Crippen LogP contribution in [0.15, 0.2) is 85.5 Å². The van der Waals surface area contributed by atoms with Gasteiger partial charge in [0.2, 0.25) is 6.04 Å². The summed E-state index contributed by atoms with van der Waals surface area (Å²) in [5.41, 5.74) is 16.6. The van der Waals surface area contributed by atoms with Crippen molar-refractivity contribution in [2.75, 3.05) is 146 Å². The number of nitrogens with one attached hydrogen (secondary N) is 10. The number of hydrogen-bond acceptors (Lipinski definition) is 19. The van der Waals surface area contributed by atoms with Crippen molar-refractivity contribution in [1.29, 1.82) is 0 Å². The van der Waals surface area contributed by atoms with Crippen molar-refractivity contribution >= 4 is 70.0 Å². The third-order valence-corrected chi connectivity index (χ3v) is 13.8. The Labute approximate surface area is 476 Å². The largest absolute Gasteiger partial charge is 0.494 e. The van der Waals surface area contributed by atoms with Gasteiger partial charge in [-0.1, -0.05) is 0 Å². The second kappa shape index (κ2) is 34.7. The summed E-state index contributed by atoms with van der Waals surface area (Å²) >= 11 is 1.66. The van der Waals surface area contributed by atoms with Crippen LogP contribution >= 0.6 is 11.8 Å².